The van der Waals surface area contributed by atoms with Gasteiger partial charge in [-0.3, -0.25) is 9.59 Å². The number of nitrogens with one attached hydrogen (secondary N) is 2. The third-order valence-corrected chi connectivity index (χ3v) is 4.03. The first-order chi connectivity index (χ1) is 10.7. The smallest absolute Gasteiger partial charge is 0.731 e. The number of nitrogens with zero attached hydrogens (tertiary/aromatic N) is 1. The molecule has 2 rings (SSSR count). The van der Waals surface area contributed by atoms with Gasteiger partial charge in [-0.1, -0.05) is 30.3 Å². The molecule has 1 heterocycles. The van der Waals surface area contributed by atoms with Crippen molar-refractivity contribution in [2.24, 2.45) is 5.73 Å². The number of nitrogens with two attached hydrogens (primary N) is 1. The van der Waals surface area contributed by atoms with Gasteiger partial charge in [0.1, 0.15) is 12.1 Å². The van der Waals surface area contributed by atoms with E-state index >= 15 is 0 Å². The second-order valence-electron chi connectivity index (χ2n) is 4.74. The van der Waals surface area contributed by atoms with E-state index in [9.17, 15) is 27.4 Å². The van der Waals surface area contributed by atoms with Crippen molar-refractivity contribution in [2.45, 2.75) is 12.1 Å². The normalized spacial score (nSPS) is 18.0. The summed E-state index contributed by atoms with van der Waals surface area (Å²) in [5.74, 6) is -1.78. The predicted octanol–water partition coefficient (Wildman–Crippen LogP) is -4.81. The van der Waals surface area contributed by atoms with E-state index in [1.807, 2.05) is 0 Å². The number of carbonyl (C=O) groups excluding carboxylic acids is 3. The summed E-state index contributed by atoms with van der Waals surface area (Å²) in [6, 6.07) is 4.87. The van der Waals surface area contributed by atoms with Crippen LogP contribution in [0.1, 0.15) is 11.6 Å². The van der Waals surface area contributed by atoms with E-state index in [0.717, 1.165) is 0 Å². The second-order valence-corrected chi connectivity index (χ2v) is 6.04. The molecule has 0 spiro atoms. The molecule has 1 aliphatic heterocycles. The maximum atomic E-state index is 12.2. The van der Waals surface area contributed by atoms with Gasteiger partial charge in [-0.2, -0.15) is 0 Å². The Bertz CT molecular complexity index is 741. The Balaban J connectivity index is 0.00000288. The summed E-state index contributed by atoms with van der Waals surface area (Å²) in [6.07, 6.45) is 0. The molecule has 4 N–H and O–H groups in total. The van der Waals surface area contributed by atoms with Crippen LogP contribution >= 0.6 is 0 Å². The minimum atomic E-state index is -4.88. The first kappa shape index (κ1) is 20.4. The number of hydrogen-bond donors (Lipinski definition) is 3. The molecular weight excluding hydrogens is 351 g/mol. The largest absolute Gasteiger partial charge is 1.00 e. The number of β-lactam (4-membered cyclic amide) rings is 1. The van der Waals surface area contributed by atoms with Crippen LogP contribution in [0.15, 0.2) is 30.3 Å². The number of amides is 4. The molecular formula is C12H13N4NaO6S. The van der Waals surface area contributed by atoms with Crippen LogP contribution in [0.4, 0.5) is 4.79 Å². The maximum absolute atomic E-state index is 12.2. The number of benzene rings is 1. The van der Waals surface area contributed by atoms with E-state index in [1.165, 1.54) is 0 Å². The Kier molecular flexibility index (Phi) is 6.75. The molecule has 10 nitrogen and oxygen atoms in total. The summed E-state index contributed by atoms with van der Waals surface area (Å²) in [4.78, 5) is 34.8. The minimum absolute atomic E-state index is 0. The third kappa shape index (κ3) is 4.68. The Morgan fingerprint density at radius 3 is 2.33 bits per heavy atom. The Labute approximate surface area is 159 Å². The van der Waals surface area contributed by atoms with E-state index in [0.29, 0.717) is 5.56 Å². The van der Waals surface area contributed by atoms with E-state index in [4.69, 9.17) is 5.73 Å². The van der Waals surface area contributed by atoms with Crippen molar-refractivity contribution in [3.63, 3.8) is 0 Å². The number of urea groups is 1. The van der Waals surface area contributed by atoms with Gasteiger partial charge < -0.3 is 20.9 Å². The van der Waals surface area contributed by atoms with Gasteiger partial charge >= 0.3 is 35.6 Å². The molecule has 1 aromatic rings. The summed E-state index contributed by atoms with van der Waals surface area (Å²) in [5, 5.41) is 4.50. The van der Waals surface area contributed by atoms with Crippen molar-refractivity contribution in [1.29, 1.82) is 0 Å². The average molecular weight is 364 g/mol. The molecule has 124 valence electrons. The number of primary amides is 1. The van der Waals surface area contributed by atoms with Crippen LogP contribution in [0.3, 0.4) is 0 Å². The van der Waals surface area contributed by atoms with Crippen LogP contribution in [0, 0.1) is 0 Å². The molecule has 0 aliphatic carbocycles. The van der Waals surface area contributed by atoms with Crippen molar-refractivity contribution in [3.8, 4) is 0 Å². The maximum Gasteiger partial charge on any atom is 1.00 e. The summed E-state index contributed by atoms with van der Waals surface area (Å²) in [5.41, 5.74) is 5.45. The van der Waals surface area contributed by atoms with Gasteiger partial charge in [0.05, 0.1) is 6.54 Å². The molecule has 1 aromatic carbocycles. The molecule has 1 fully saturated rings. The van der Waals surface area contributed by atoms with Gasteiger partial charge in [0.2, 0.25) is 5.91 Å². The number of hydrogen-bond acceptors (Lipinski definition) is 6. The first-order valence-electron chi connectivity index (χ1n) is 6.39. The summed E-state index contributed by atoms with van der Waals surface area (Å²) < 4.78 is 32.3. The van der Waals surface area contributed by atoms with Crippen LogP contribution in [0.25, 0.3) is 0 Å². The van der Waals surface area contributed by atoms with Gasteiger partial charge in [0, 0.05) is 0 Å². The third-order valence-electron chi connectivity index (χ3n) is 3.16. The topological polar surface area (TPSA) is 162 Å². The fourth-order valence-corrected chi connectivity index (χ4v) is 2.73. The van der Waals surface area contributed by atoms with Crippen LogP contribution < -0.4 is 45.9 Å². The molecule has 0 aromatic heterocycles. The van der Waals surface area contributed by atoms with Gasteiger partial charge in [0.15, 0.2) is 10.3 Å². The molecule has 0 radical (unpaired) electrons. The molecule has 0 bridgehead atoms. The fraction of sp³-hybridized carbons (Fsp3) is 0.250. The van der Waals surface area contributed by atoms with Crippen molar-refractivity contribution >= 4 is 28.1 Å². The van der Waals surface area contributed by atoms with Crippen molar-refractivity contribution < 1.29 is 56.9 Å². The quantitative estimate of drug-likeness (QED) is 0.270. The standard InChI is InChI=1S/C12H14N4O6S.Na/c13-12(19)15-9(7-4-2-1-3-5-7)10(17)14-8-6-16(11(8)18)23(20,21)22;/h1-5,8-9H,6H2,(H,14,17)(H3,13,15,19)(H,20,21,22);/q;+1/p-1. The molecule has 2 atom stereocenters. The molecule has 0 saturated carbocycles. The van der Waals surface area contributed by atoms with Crippen LogP contribution in [-0.4, -0.2) is 47.7 Å². The van der Waals surface area contributed by atoms with E-state index < -0.39 is 46.8 Å². The average Bonchev–Trinajstić information content (AvgIpc) is 2.47. The SMILES string of the molecule is NC(=O)NC(C(=O)NC1CN(S(=O)(=O)[O-])C1=O)c1ccccc1.[Na+]. The summed E-state index contributed by atoms with van der Waals surface area (Å²) in [6.45, 7) is -0.450. The zero-order valence-electron chi connectivity index (χ0n) is 12.6. The number of rotatable bonds is 5. The predicted molar refractivity (Wildman–Crippen MR) is 75.2 cm³/mol. The Morgan fingerprint density at radius 2 is 1.88 bits per heavy atom. The van der Waals surface area contributed by atoms with E-state index in [-0.39, 0.29) is 33.9 Å². The minimum Gasteiger partial charge on any atom is -0.731 e. The van der Waals surface area contributed by atoms with E-state index in [1.54, 1.807) is 30.3 Å². The molecule has 4 amide bonds. The summed E-state index contributed by atoms with van der Waals surface area (Å²) >= 11 is 0. The van der Waals surface area contributed by atoms with Crippen molar-refractivity contribution in [3.05, 3.63) is 35.9 Å². The molecule has 1 saturated heterocycles. The Morgan fingerprint density at radius 1 is 1.29 bits per heavy atom. The molecule has 12 heteroatoms. The molecule has 24 heavy (non-hydrogen) atoms. The molecule has 2 unspecified atom stereocenters. The zero-order valence-corrected chi connectivity index (χ0v) is 15.4. The van der Waals surface area contributed by atoms with Crippen molar-refractivity contribution in [1.82, 2.24) is 14.9 Å². The summed E-state index contributed by atoms with van der Waals surface area (Å²) in [7, 11) is -4.88. The monoisotopic (exact) mass is 364 g/mol. The van der Waals surface area contributed by atoms with Gasteiger partial charge in [-0.15, -0.1) is 0 Å². The fourth-order valence-electron chi connectivity index (χ4n) is 2.05. The first-order valence-corrected chi connectivity index (χ1v) is 7.75. The van der Waals surface area contributed by atoms with E-state index in [2.05, 4.69) is 10.6 Å². The van der Waals surface area contributed by atoms with Gasteiger partial charge in [0.25, 0.3) is 5.91 Å². The van der Waals surface area contributed by atoms with Crippen LogP contribution in [0.5, 0.6) is 0 Å². The van der Waals surface area contributed by atoms with Gasteiger partial charge in [-0.05, 0) is 5.56 Å². The van der Waals surface area contributed by atoms with Crippen LogP contribution in [-0.2, 0) is 19.9 Å². The molecule has 1 aliphatic rings. The Hall–Kier alpha value is -1.66. The number of carbonyl (C=O) groups is 3. The zero-order chi connectivity index (χ0) is 17.2. The van der Waals surface area contributed by atoms with Gasteiger partial charge in [-0.25, -0.2) is 17.5 Å². The van der Waals surface area contributed by atoms with Crippen molar-refractivity contribution in [2.75, 3.05) is 6.54 Å². The second kappa shape index (κ2) is 7.94. The van der Waals surface area contributed by atoms with Crippen LogP contribution in [0.2, 0.25) is 0 Å².